The van der Waals surface area contributed by atoms with Crippen molar-refractivity contribution >= 4 is 40.9 Å². The monoisotopic (exact) mass is 384 g/mol. The van der Waals surface area contributed by atoms with Crippen LogP contribution in [-0.4, -0.2) is 41.9 Å². The molecule has 128 valence electrons. The van der Waals surface area contributed by atoms with E-state index in [-0.39, 0.29) is 11.9 Å². The number of rotatable bonds is 5. The molecule has 2 heterocycles. The van der Waals surface area contributed by atoms with E-state index in [1.165, 1.54) is 0 Å². The largest absolute Gasteiger partial charge is 0.468 e. The smallest absolute Gasteiger partial charge is 0.252 e. The van der Waals surface area contributed by atoms with E-state index in [1.807, 2.05) is 23.9 Å². The number of amides is 1. The lowest BCUT2D eigenvalue weighted by atomic mass is 10.1. The highest BCUT2D eigenvalue weighted by molar-refractivity contribution is 7.99. The SMILES string of the molecule is O=C(NC[C@@H](c1ccco1)N1CCSCC1)c1cc(Cl)ccc1Cl. The maximum absolute atomic E-state index is 12.5. The lowest BCUT2D eigenvalue weighted by Gasteiger charge is -2.33. The first-order chi connectivity index (χ1) is 11.6. The zero-order valence-corrected chi connectivity index (χ0v) is 15.3. The number of hydrogen-bond acceptors (Lipinski definition) is 4. The second-order valence-corrected chi connectivity index (χ2v) is 7.58. The Balaban J connectivity index is 1.71. The fraction of sp³-hybridized carbons (Fsp3) is 0.353. The second-order valence-electron chi connectivity index (χ2n) is 5.51. The molecule has 1 aliphatic rings. The van der Waals surface area contributed by atoms with Crippen molar-refractivity contribution in [2.45, 2.75) is 6.04 Å². The van der Waals surface area contributed by atoms with Gasteiger partial charge in [0.05, 0.1) is 22.9 Å². The summed E-state index contributed by atoms with van der Waals surface area (Å²) < 4.78 is 5.58. The minimum absolute atomic E-state index is 0.0165. The van der Waals surface area contributed by atoms with Gasteiger partial charge in [0.15, 0.2) is 0 Å². The Morgan fingerprint density at radius 3 is 2.79 bits per heavy atom. The summed E-state index contributed by atoms with van der Waals surface area (Å²) in [4.78, 5) is 14.8. The number of benzene rings is 1. The molecule has 0 radical (unpaired) electrons. The third-order valence-corrected chi connectivity index (χ3v) is 5.49. The van der Waals surface area contributed by atoms with Gasteiger partial charge >= 0.3 is 0 Å². The first kappa shape index (κ1) is 17.7. The maximum Gasteiger partial charge on any atom is 0.252 e. The van der Waals surface area contributed by atoms with Gasteiger partial charge < -0.3 is 9.73 Å². The van der Waals surface area contributed by atoms with Gasteiger partial charge in [-0.2, -0.15) is 11.8 Å². The first-order valence-electron chi connectivity index (χ1n) is 7.73. The number of carbonyl (C=O) groups excluding carboxylic acids is 1. The maximum atomic E-state index is 12.5. The van der Waals surface area contributed by atoms with Crippen molar-refractivity contribution in [2.24, 2.45) is 0 Å². The quantitative estimate of drug-likeness (QED) is 0.842. The number of nitrogens with one attached hydrogen (secondary N) is 1. The lowest BCUT2D eigenvalue weighted by molar-refractivity contribution is 0.0930. The molecule has 0 spiro atoms. The topological polar surface area (TPSA) is 45.5 Å². The van der Waals surface area contributed by atoms with Crippen molar-refractivity contribution in [3.05, 3.63) is 58.0 Å². The Morgan fingerprint density at radius 1 is 1.29 bits per heavy atom. The first-order valence-corrected chi connectivity index (χ1v) is 9.64. The molecule has 1 aliphatic heterocycles. The van der Waals surface area contributed by atoms with Crippen molar-refractivity contribution in [1.29, 1.82) is 0 Å². The molecule has 0 aliphatic carbocycles. The van der Waals surface area contributed by atoms with Crippen LogP contribution in [0.15, 0.2) is 41.0 Å². The minimum atomic E-state index is -0.231. The molecule has 1 saturated heterocycles. The molecule has 1 amide bonds. The molecule has 0 unspecified atom stereocenters. The zero-order valence-electron chi connectivity index (χ0n) is 13.0. The predicted octanol–water partition coefficient (Wildman–Crippen LogP) is 4.11. The van der Waals surface area contributed by atoms with Crippen LogP contribution in [0, 0.1) is 0 Å². The van der Waals surface area contributed by atoms with E-state index in [0.29, 0.717) is 22.2 Å². The molecule has 24 heavy (non-hydrogen) atoms. The molecule has 0 bridgehead atoms. The van der Waals surface area contributed by atoms with E-state index in [4.69, 9.17) is 27.6 Å². The van der Waals surface area contributed by atoms with Gasteiger partial charge in [0.2, 0.25) is 0 Å². The van der Waals surface area contributed by atoms with Crippen molar-refractivity contribution in [2.75, 3.05) is 31.1 Å². The number of furan rings is 1. The molecule has 4 nitrogen and oxygen atoms in total. The summed E-state index contributed by atoms with van der Waals surface area (Å²) in [6.45, 7) is 2.41. The van der Waals surface area contributed by atoms with E-state index in [0.717, 1.165) is 30.4 Å². The van der Waals surface area contributed by atoms with Gasteiger partial charge in [-0.05, 0) is 30.3 Å². The third-order valence-electron chi connectivity index (χ3n) is 3.99. The van der Waals surface area contributed by atoms with E-state index in [1.54, 1.807) is 24.5 Å². The van der Waals surface area contributed by atoms with Gasteiger partial charge in [-0.3, -0.25) is 9.69 Å². The van der Waals surface area contributed by atoms with Crippen molar-refractivity contribution in [3.63, 3.8) is 0 Å². The Hall–Kier alpha value is -1.14. The molecular weight excluding hydrogens is 367 g/mol. The van der Waals surface area contributed by atoms with Gasteiger partial charge in [-0.25, -0.2) is 0 Å². The predicted molar refractivity (Wildman–Crippen MR) is 99.1 cm³/mol. The van der Waals surface area contributed by atoms with Crippen LogP contribution in [0.5, 0.6) is 0 Å². The van der Waals surface area contributed by atoms with Crippen molar-refractivity contribution < 1.29 is 9.21 Å². The highest BCUT2D eigenvalue weighted by Gasteiger charge is 2.25. The van der Waals surface area contributed by atoms with Gasteiger partial charge in [-0.15, -0.1) is 0 Å². The van der Waals surface area contributed by atoms with Gasteiger partial charge in [-0.1, -0.05) is 23.2 Å². The average Bonchev–Trinajstić information content (AvgIpc) is 3.12. The number of thioether (sulfide) groups is 1. The van der Waals surface area contributed by atoms with Gasteiger partial charge in [0.1, 0.15) is 5.76 Å². The summed E-state index contributed by atoms with van der Waals surface area (Å²) >= 11 is 14.0. The molecule has 1 aromatic carbocycles. The highest BCUT2D eigenvalue weighted by Crippen LogP contribution is 2.25. The summed E-state index contributed by atoms with van der Waals surface area (Å²) in [5.74, 6) is 2.81. The molecular formula is C17H18Cl2N2O2S. The molecule has 7 heteroatoms. The van der Waals surface area contributed by atoms with E-state index < -0.39 is 0 Å². The van der Waals surface area contributed by atoms with Crippen molar-refractivity contribution in [1.82, 2.24) is 10.2 Å². The van der Waals surface area contributed by atoms with Crippen LogP contribution in [-0.2, 0) is 0 Å². The van der Waals surface area contributed by atoms with Crippen LogP contribution in [0.4, 0.5) is 0 Å². The van der Waals surface area contributed by atoms with Crippen LogP contribution in [0.25, 0.3) is 0 Å². The lowest BCUT2D eigenvalue weighted by Crippen LogP contribution is -2.42. The Kier molecular flexibility index (Phi) is 6.11. The third kappa shape index (κ3) is 4.28. The number of nitrogens with zero attached hydrogens (tertiary/aromatic N) is 1. The summed E-state index contributed by atoms with van der Waals surface area (Å²) in [6, 6.07) is 8.71. The number of carbonyl (C=O) groups is 1. The number of halogens is 2. The second kappa shape index (κ2) is 8.30. The molecule has 1 N–H and O–H groups in total. The summed E-state index contributed by atoms with van der Waals surface area (Å²) in [6.07, 6.45) is 1.66. The Bertz CT molecular complexity index is 688. The van der Waals surface area contributed by atoms with E-state index in [2.05, 4.69) is 10.2 Å². The van der Waals surface area contributed by atoms with E-state index >= 15 is 0 Å². The van der Waals surface area contributed by atoms with Crippen LogP contribution < -0.4 is 5.32 Å². The molecule has 1 atom stereocenters. The molecule has 1 fully saturated rings. The normalized spacial score (nSPS) is 16.8. The summed E-state index contributed by atoms with van der Waals surface area (Å²) in [5.41, 5.74) is 0.386. The highest BCUT2D eigenvalue weighted by atomic mass is 35.5. The standard InChI is InChI=1S/C17H18Cl2N2O2S/c18-12-3-4-14(19)13(10-12)17(22)20-11-15(16-2-1-7-23-16)21-5-8-24-9-6-21/h1-4,7,10,15H,5-6,8-9,11H2,(H,20,22)/t15-/m0/s1. The van der Waals surface area contributed by atoms with Gasteiger partial charge in [0, 0.05) is 36.2 Å². The van der Waals surface area contributed by atoms with Crippen LogP contribution in [0.2, 0.25) is 10.0 Å². The Labute approximate surface area is 155 Å². The molecule has 3 rings (SSSR count). The average molecular weight is 385 g/mol. The van der Waals surface area contributed by atoms with Crippen LogP contribution in [0.1, 0.15) is 22.2 Å². The molecule has 2 aromatic rings. The van der Waals surface area contributed by atoms with Crippen molar-refractivity contribution in [3.8, 4) is 0 Å². The van der Waals surface area contributed by atoms with Crippen LogP contribution in [0.3, 0.4) is 0 Å². The fourth-order valence-corrected chi connectivity index (χ4v) is 4.04. The van der Waals surface area contributed by atoms with Gasteiger partial charge in [0.25, 0.3) is 5.91 Å². The minimum Gasteiger partial charge on any atom is -0.468 e. The van der Waals surface area contributed by atoms with E-state index in [9.17, 15) is 4.79 Å². The zero-order chi connectivity index (χ0) is 16.9. The molecule has 0 saturated carbocycles. The Morgan fingerprint density at radius 2 is 2.08 bits per heavy atom. The fourth-order valence-electron chi connectivity index (χ4n) is 2.74. The van der Waals surface area contributed by atoms with Crippen LogP contribution >= 0.6 is 35.0 Å². The summed E-state index contributed by atoms with van der Waals surface area (Å²) in [7, 11) is 0. The summed E-state index contributed by atoms with van der Waals surface area (Å²) in [5, 5.41) is 3.84. The molecule has 1 aromatic heterocycles. The number of hydrogen-bond donors (Lipinski definition) is 1.